The highest BCUT2D eigenvalue weighted by Crippen LogP contribution is 2.73. The van der Waals surface area contributed by atoms with Gasteiger partial charge < -0.3 is 0 Å². The lowest BCUT2D eigenvalue weighted by atomic mass is 9.98. The van der Waals surface area contributed by atoms with Crippen LogP contribution in [0.2, 0.25) is 0 Å². The third kappa shape index (κ3) is 1.79. The minimum absolute atomic E-state index is 0.0343. The van der Waals surface area contributed by atoms with Crippen molar-refractivity contribution in [3.63, 3.8) is 0 Å². The number of hydrogen-bond acceptors (Lipinski definition) is 0. The van der Waals surface area contributed by atoms with Gasteiger partial charge in [-0.2, -0.15) is 0 Å². The highest BCUT2D eigenvalue weighted by Gasteiger charge is 2.67. The molecule has 0 aliphatic heterocycles. The molecule has 18 heavy (non-hydrogen) atoms. The van der Waals surface area contributed by atoms with Gasteiger partial charge in [0.15, 0.2) is 0 Å². The number of alkyl halides is 1. The van der Waals surface area contributed by atoms with Gasteiger partial charge in [-0.1, -0.05) is 39.8 Å². The number of benzene rings is 1. The van der Waals surface area contributed by atoms with E-state index in [2.05, 4.69) is 27.7 Å². The van der Waals surface area contributed by atoms with Gasteiger partial charge in [-0.3, -0.25) is 0 Å². The van der Waals surface area contributed by atoms with Crippen LogP contribution in [-0.4, -0.2) is 0 Å². The largest absolute Gasteiger partial charge is 0.206 e. The normalized spacial score (nSPS) is 22.9. The van der Waals surface area contributed by atoms with Gasteiger partial charge in [-0.15, -0.1) is 11.6 Å². The van der Waals surface area contributed by atoms with Gasteiger partial charge in [0.2, 0.25) is 0 Å². The fourth-order valence-electron chi connectivity index (χ4n) is 3.31. The van der Waals surface area contributed by atoms with Crippen molar-refractivity contribution < 1.29 is 4.39 Å². The molecule has 100 valence electrons. The lowest BCUT2D eigenvalue weighted by Crippen LogP contribution is -2.02. The van der Waals surface area contributed by atoms with Gasteiger partial charge >= 0.3 is 0 Å². The molecule has 1 saturated carbocycles. The molecule has 1 aliphatic rings. The zero-order valence-corrected chi connectivity index (χ0v) is 12.8. The second kappa shape index (κ2) is 3.96. The van der Waals surface area contributed by atoms with E-state index in [1.54, 1.807) is 13.8 Å². The van der Waals surface area contributed by atoms with Gasteiger partial charge in [0.25, 0.3) is 0 Å². The molecule has 0 heterocycles. The summed E-state index contributed by atoms with van der Waals surface area (Å²) in [5.41, 5.74) is 2.92. The second-order valence-corrected chi connectivity index (χ2v) is 7.26. The number of aryl methyl sites for hydroxylation is 2. The van der Waals surface area contributed by atoms with Gasteiger partial charge in [0, 0.05) is 0 Å². The average Bonchev–Trinajstić information content (AvgIpc) is 2.64. The fourth-order valence-corrected chi connectivity index (χ4v) is 4.07. The predicted molar refractivity (Wildman–Crippen MR) is 75.5 cm³/mol. The Balaban J connectivity index is 2.35. The SMILES string of the molecule is Cc1cc(C(Cl)C2C(C)(C)C2(C)C)cc(C)c1F. The van der Waals surface area contributed by atoms with Crippen LogP contribution in [0.3, 0.4) is 0 Å². The third-order valence-electron chi connectivity index (χ3n) is 5.20. The average molecular weight is 269 g/mol. The van der Waals surface area contributed by atoms with E-state index >= 15 is 0 Å². The van der Waals surface area contributed by atoms with Crippen molar-refractivity contribution in [3.05, 3.63) is 34.6 Å². The van der Waals surface area contributed by atoms with Gasteiger partial charge in [0.05, 0.1) is 5.38 Å². The Morgan fingerprint density at radius 2 is 1.44 bits per heavy atom. The summed E-state index contributed by atoms with van der Waals surface area (Å²) in [6, 6.07) is 3.79. The van der Waals surface area contributed by atoms with Crippen molar-refractivity contribution in [2.24, 2.45) is 16.7 Å². The Morgan fingerprint density at radius 3 is 1.78 bits per heavy atom. The molecule has 1 fully saturated rings. The highest BCUT2D eigenvalue weighted by atomic mass is 35.5. The quantitative estimate of drug-likeness (QED) is 0.630. The molecule has 1 aliphatic carbocycles. The van der Waals surface area contributed by atoms with Crippen molar-refractivity contribution in [1.29, 1.82) is 0 Å². The molecular weight excluding hydrogens is 247 g/mol. The highest BCUT2D eigenvalue weighted by molar-refractivity contribution is 6.21. The Kier molecular flexibility index (Phi) is 3.05. The maximum atomic E-state index is 13.7. The molecule has 1 atom stereocenters. The van der Waals surface area contributed by atoms with Crippen molar-refractivity contribution in [1.82, 2.24) is 0 Å². The molecule has 2 heteroatoms. The second-order valence-electron chi connectivity index (χ2n) is 6.79. The molecule has 2 rings (SSSR count). The van der Waals surface area contributed by atoms with Crippen LogP contribution in [0.25, 0.3) is 0 Å². The Bertz CT molecular complexity index is 451. The van der Waals surface area contributed by atoms with Crippen molar-refractivity contribution in [2.75, 3.05) is 0 Å². The van der Waals surface area contributed by atoms with Crippen LogP contribution in [0, 0.1) is 36.4 Å². The van der Waals surface area contributed by atoms with E-state index in [0.29, 0.717) is 17.0 Å². The summed E-state index contributed by atoms with van der Waals surface area (Å²) in [5, 5.41) is -0.0343. The summed E-state index contributed by atoms with van der Waals surface area (Å²) in [6.45, 7) is 12.6. The van der Waals surface area contributed by atoms with Crippen LogP contribution in [0.5, 0.6) is 0 Å². The van der Waals surface area contributed by atoms with E-state index in [9.17, 15) is 4.39 Å². The van der Waals surface area contributed by atoms with Crippen LogP contribution >= 0.6 is 11.6 Å². The molecule has 0 radical (unpaired) electrons. The first-order valence-electron chi connectivity index (χ1n) is 6.51. The van der Waals surface area contributed by atoms with Gasteiger partial charge in [0.1, 0.15) is 5.82 Å². The summed E-state index contributed by atoms with van der Waals surface area (Å²) >= 11 is 6.65. The van der Waals surface area contributed by atoms with Crippen molar-refractivity contribution >= 4 is 11.6 Å². The van der Waals surface area contributed by atoms with Gasteiger partial charge in [-0.05, 0) is 47.3 Å². The van der Waals surface area contributed by atoms with Crippen LogP contribution in [0.4, 0.5) is 4.39 Å². The van der Waals surface area contributed by atoms with E-state index in [4.69, 9.17) is 11.6 Å². The Morgan fingerprint density at radius 1 is 1.06 bits per heavy atom. The maximum Gasteiger partial charge on any atom is 0.129 e. The van der Waals surface area contributed by atoms with Crippen LogP contribution in [-0.2, 0) is 0 Å². The van der Waals surface area contributed by atoms with E-state index in [0.717, 1.165) is 5.56 Å². The van der Waals surface area contributed by atoms with Crippen molar-refractivity contribution in [3.8, 4) is 0 Å². The first-order chi connectivity index (χ1) is 8.10. The van der Waals surface area contributed by atoms with E-state index in [1.807, 2.05) is 12.1 Å². The standard InChI is InChI=1S/C16H22ClF/c1-9-7-11(8-10(2)13(9)18)12(17)14-15(3,4)16(14,5)6/h7-8,12,14H,1-6H3. The lowest BCUT2D eigenvalue weighted by molar-refractivity contribution is 0.457. The number of hydrogen-bond donors (Lipinski definition) is 0. The Hall–Kier alpha value is -0.560. The molecule has 0 nitrogen and oxygen atoms in total. The van der Waals surface area contributed by atoms with Crippen LogP contribution in [0.1, 0.15) is 49.8 Å². The Labute approximate surface area is 115 Å². The van der Waals surface area contributed by atoms with Crippen LogP contribution in [0.15, 0.2) is 12.1 Å². The molecule has 0 saturated heterocycles. The van der Waals surface area contributed by atoms with E-state index in [-0.39, 0.29) is 22.0 Å². The number of halogens is 2. The summed E-state index contributed by atoms with van der Waals surface area (Å²) in [4.78, 5) is 0. The molecule has 0 amide bonds. The minimum atomic E-state index is -0.114. The summed E-state index contributed by atoms with van der Waals surface area (Å²) in [7, 11) is 0. The summed E-state index contributed by atoms with van der Waals surface area (Å²) in [6.07, 6.45) is 0. The monoisotopic (exact) mass is 268 g/mol. The summed E-state index contributed by atoms with van der Waals surface area (Å²) in [5.74, 6) is 0.327. The third-order valence-corrected chi connectivity index (χ3v) is 5.71. The first-order valence-corrected chi connectivity index (χ1v) is 6.95. The smallest absolute Gasteiger partial charge is 0.129 e. The van der Waals surface area contributed by atoms with Gasteiger partial charge in [-0.25, -0.2) is 4.39 Å². The molecule has 0 bridgehead atoms. The lowest BCUT2D eigenvalue weighted by Gasteiger charge is -2.14. The molecule has 1 aromatic carbocycles. The molecule has 0 spiro atoms. The predicted octanol–water partition coefficient (Wildman–Crippen LogP) is 5.40. The molecule has 1 aromatic rings. The summed E-state index contributed by atoms with van der Waals surface area (Å²) < 4.78 is 13.7. The number of rotatable bonds is 2. The maximum absolute atomic E-state index is 13.7. The van der Waals surface area contributed by atoms with Crippen LogP contribution < -0.4 is 0 Å². The van der Waals surface area contributed by atoms with E-state index < -0.39 is 0 Å². The minimum Gasteiger partial charge on any atom is -0.206 e. The van der Waals surface area contributed by atoms with Crippen molar-refractivity contribution in [2.45, 2.75) is 46.9 Å². The molecule has 0 N–H and O–H groups in total. The molecule has 1 unspecified atom stereocenters. The topological polar surface area (TPSA) is 0 Å². The zero-order valence-electron chi connectivity index (χ0n) is 12.1. The fraction of sp³-hybridized carbons (Fsp3) is 0.625. The van der Waals surface area contributed by atoms with E-state index in [1.165, 1.54) is 0 Å². The zero-order chi connectivity index (χ0) is 13.9. The molecule has 0 aromatic heterocycles. The first kappa shape index (κ1) is 13.9. The molecular formula is C16H22ClF.